The summed E-state index contributed by atoms with van der Waals surface area (Å²) in [6.07, 6.45) is 0. The summed E-state index contributed by atoms with van der Waals surface area (Å²) >= 11 is 0. The molecule has 0 spiro atoms. The van der Waals surface area contributed by atoms with Crippen molar-refractivity contribution in [2.24, 2.45) is 0 Å². The molecule has 0 aliphatic heterocycles. The van der Waals surface area contributed by atoms with Crippen molar-refractivity contribution in [3.05, 3.63) is 10.1 Å². The van der Waals surface area contributed by atoms with Crippen LogP contribution in [0.2, 0.25) is 0 Å². The number of hydrogen-bond donors (Lipinski definition) is 1. The Bertz CT molecular complexity index is 39.4. The Balaban J connectivity index is -0.0000000800. The van der Waals surface area contributed by atoms with E-state index in [1.165, 1.54) is 0 Å². The fourth-order valence-electron chi connectivity index (χ4n) is 0. The van der Waals surface area contributed by atoms with Gasteiger partial charge in [0.05, 0.1) is 0 Å². The van der Waals surface area contributed by atoms with Crippen molar-refractivity contribution >= 4 is 0 Å². The Labute approximate surface area is 37.8 Å². The van der Waals surface area contributed by atoms with Crippen LogP contribution in [0.5, 0.6) is 0 Å². The molecule has 0 heterocycles. The lowest BCUT2D eigenvalue weighted by atomic mass is 13.1. The first-order valence-electron chi connectivity index (χ1n) is 0.730. The summed E-state index contributed by atoms with van der Waals surface area (Å²) in [5.74, 6) is 0. The molecule has 0 saturated carbocycles. The average molecular weight is 115 g/mol. The van der Waals surface area contributed by atoms with Crippen LogP contribution in [0, 0.1) is 10.1 Å². The maximum atomic E-state index is 8.70. The summed E-state index contributed by atoms with van der Waals surface area (Å²) in [6, 6.07) is 0. The molecule has 0 atom stereocenters. The molecule has 0 radical (unpaired) electrons. The first kappa shape index (κ1) is 16.5. The molecule has 0 aliphatic carbocycles. The molecule has 0 amide bonds. The first-order valence-corrected chi connectivity index (χ1v) is 0.730. The van der Waals surface area contributed by atoms with Crippen LogP contribution in [0.15, 0.2) is 0 Å². The zero-order chi connectivity index (χ0) is 4.28. The van der Waals surface area contributed by atoms with Gasteiger partial charge in [-0.05, 0) is 0 Å². The molecular weight excluding hydrogens is 110 g/mol. The second kappa shape index (κ2) is 8.91. The van der Waals surface area contributed by atoms with Crippen LogP contribution >= 0.6 is 0 Å². The van der Waals surface area contributed by atoms with Crippen molar-refractivity contribution in [1.29, 1.82) is 0 Å². The normalized spacial score (nSPS) is 4.71. The third-order valence-electron chi connectivity index (χ3n) is 0.0667. The maximum absolute atomic E-state index is 8.70. The third kappa shape index (κ3) is 41.3. The van der Waals surface area contributed by atoms with Crippen molar-refractivity contribution in [2.45, 2.75) is 0 Å². The van der Waals surface area contributed by atoms with Crippen LogP contribution in [0.1, 0.15) is 0 Å². The van der Waals surface area contributed by atoms with Gasteiger partial charge in [0, 0.05) is 0 Å². The molecule has 5 N–H and O–H groups in total. The Hall–Kier alpha value is -0.920. The van der Waals surface area contributed by atoms with Crippen molar-refractivity contribution in [3.8, 4) is 0 Å². The molecule has 0 bridgehead atoms. The van der Waals surface area contributed by atoms with E-state index >= 15 is 0 Å². The summed E-state index contributed by atoms with van der Waals surface area (Å²) in [4.78, 5) is 11.2. The van der Waals surface area contributed by atoms with E-state index in [1.807, 2.05) is 0 Å². The lowest BCUT2D eigenvalue weighted by molar-refractivity contribution is -0.846. The van der Waals surface area contributed by atoms with Gasteiger partial charge in [0.2, 0.25) is 0 Å². The molecule has 0 rings (SSSR count). The van der Waals surface area contributed by atoms with E-state index in [4.69, 9.17) is 15.4 Å². The Morgan fingerprint density at radius 2 is 1.71 bits per heavy atom. The van der Waals surface area contributed by atoms with Gasteiger partial charge in [-0.15, -0.1) is 15.1 Å². The molecular formula is H5NO6. The van der Waals surface area contributed by atoms with Crippen LogP contribution in [0.25, 0.3) is 0 Å². The summed E-state index contributed by atoms with van der Waals surface area (Å²) in [7, 11) is 0. The molecule has 0 fully saturated rings. The summed E-state index contributed by atoms with van der Waals surface area (Å²) in [6.45, 7) is 0. The van der Waals surface area contributed by atoms with Crippen molar-refractivity contribution in [1.82, 2.24) is 0 Å². The number of nitrogens with zero attached hydrogens (tertiary/aromatic N) is 1. The molecule has 0 unspecified atom stereocenters. The van der Waals surface area contributed by atoms with Gasteiger partial charge in [-0.1, -0.05) is 0 Å². The molecule has 7 nitrogen and oxygen atoms in total. The largest absolute Gasteiger partial charge is 0.412 e. The second-order valence-electron chi connectivity index (χ2n) is 0.305. The molecule has 7 heteroatoms. The van der Waals surface area contributed by atoms with E-state index in [0.717, 1.165) is 0 Å². The van der Waals surface area contributed by atoms with Gasteiger partial charge in [-0.25, -0.2) is 5.26 Å². The summed E-state index contributed by atoms with van der Waals surface area (Å²) in [5.41, 5.74) is 0. The molecule has 7 heavy (non-hydrogen) atoms. The molecule has 46 valence electrons. The van der Waals surface area contributed by atoms with E-state index < -0.39 is 5.09 Å². The fourth-order valence-corrected chi connectivity index (χ4v) is 0. The van der Waals surface area contributed by atoms with E-state index in [-0.39, 0.29) is 11.0 Å². The quantitative estimate of drug-likeness (QED) is 0.240. The molecule has 0 aliphatic rings. The van der Waals surface area contributed by atoms with Gasteiger partial charge in [0.15, 0.2) is 0 Å². The van der Waals surface area contributed by atoms with Gasteiger partial charge < -0.3 is 11.0 Å². The second-order valence-corrected chi connectivity index (χ2v) is 0.305. The van der Waals surface area contributed by atoms with Gasteiger partial charge in [0.25, 0.3) is 0 Å². The van der Waals surface area contributed by atoms with Gasteiger partial charge in [-0.3, -0.25) is 0 Å². The fraction of sp³-hybridized carbons (Fsp3) is 0. The SMILES string of the molecule is O.O.O=[N+]([O-])OO. The van der Waals surface area contributed by atoms with Crippen LogP contribution in [0.4, 0.5) is 0 Å². The molecule has 0 aromatic heterocycles. The lowest BCUT2D eigenvalue weighted by Gasteiger charge is -1.72. The Kier molecular flexibility index (Phi) is 21.1. The predicted octanol–water partition coefficient (Wildman–Crippen LogP) is -1.98. The Morgan fingerprint density at radius 1 is 1.57 bits per heavy atom. The highest BCUT2D eigenvalue weighted by atomic mass is 17.3. The highest BCUT2D eigenvalue weighted by Crippen LogP contribution is 1.56. The average Bonchev–Trinajstić information content (AvgIpc) is 1.38. The highest BCUT2D eigenvalue weighted by molar-refractivity contribution is 3.84. The van der Waals surface area contributed by atoms with Crippen molar-refractivity contribution in [2.75, 3.05) is 0 Å². The molecule has 0 aromatic rings. The minimum Gasteiger partial charge on any atom is -0.412 e. The molecule has 0 aromatic carbocycles. The van der Waals surface area contributed by atoms with Crippen LogP contribution in [-0.4, -0.2) is 21.3 Å². The maximum Gasteiger partial charge on any atom is 0.322 e. The van der Waals surface area contributed by atoms with Gasteiger partial charge in [-0.2, -0.15) is 0 Å². The van der Waals surface area contributed by atoms with E-state index in [2.05, 4.69) is 4.99 Å². The number of hydrogen-bond acceptors (Lipinski definition) is 4. The first-order chi connectivity index (χ1) is 2.27. The van der Waals surface area contributed by atoms with Crippen molar-refractivity contribution in [3.63, 3.8) is 0 Å². The third-order valence-corrected chi connectivity index (χ3v) is 0.0667. The smallest absolute Gasteiger partial charge is 0.322 e. The number of rotatable bonds is 1. The van der Waals surface area contributed by atoms with E-state index in [9.17, 15) is 0 Å². The van der Waals surface area contributed by atoms with E-state index in [1.54, 1.807) is 0 Å². The summed E-state index contributed by atoms with van der Waals surface area (Å²) < 4.78 is 0. The molecule has 0 saturated heterocycles. The standard InChI is InChI=1S/HNO4.2H2O/c2-1(3)5-4;;/h4H;2*1H2. The van der Waals surface area contributed by atoms with Gasteiger partial charge >= 0.3 is 5.09 Å². The zero-order valence-electron chi connectivity index (χ0n) is 3.12. The minimum absolute atomic E-state index is 0. The van der Waals surface area contributed by atoms with Crippen LogP contribution in [-0.2, 0) is 4.99 Å². The topological polar surface area (TPSA) is 136 Å². The van der Waals surface area contributed by atoms with Crippen LogP contribution < -0.4 is 0 Å². The minimum atomic E-state index is -1.32. The highest BCUT2D eigenvalue weighted by Gasteiger charge is 1.80. The van der Waals surface area contributed by atoms with Crippen molar-refractivity contribution < 1.29 is 26.3 Å². The van der Waals surface area contributed by atoms with Gasteiger partial charge in [0.1, 0.15) is 0 Å². The Morgan fingerprint density at radius 3 is 1.71 bits per heavy atom. The summed E-state index contributed by atoms with van der Waals surface area (Å²) in [5, 5.41) is 14.3. The predicted molar refractivity (Wildman–Crippen MR) is 17.9 cm³/mol. The monoisotopic (exact) mass is 115 g/mol. The zero-order valence-corrected chi connectivity index (χ0v) is 3.12. The van der Waals surface area contributed by atoms with E-state index in [0.29, 0.717) is 0 Å². The lowest BCUT2D eigenvalue weighted by Crippen LogP contribution is -1.92. The van der Waals surface area contributed by atoms with Crippen LogP contribution in [0.3, 0.4) is 0 Å².